The number of aryl methyl sites for hydroxylation is 2. The Hall–Kier alpha value is -1.85. The molecule has 1 rings (SSSR count). The molecule has 0 aliphatic heterocycles. The quantitative estimate of drug-likeness (QED) is 0.728. The Morgan fingerprint density at radius 2 is 2.06 bits per heavy atom. The highest BCUT2D eigenvalue weighted by molar-refractivity contribution is 5.79. The second kappa shape index (κ2) is 6.18. The van der Waals surface area contributed by atoms with Crippen LogP contribution in [0.4, 0.5) is 0 Å². The summed E-state index contributed by atoms with van der Waals surface area (Å²) in [6.07, 6.45) is 0.430. The Balaban J connectivity index is 2.52. The van der Waals surface area contributed by atoms with Gasteiger partial charge in [-0.05, 0) is 13.8 Å². The minimum atomic E-state index is -0.327. The molecule has 1 heterocycles. The summed E-state index contributed by atoms with van der Waals surface area (Å²) in [5.41, 5.74) is 1.53. The Morgan fingerprint density at radius 3 is 2.56 bits per heavy atom. The van der Waals surface area contributed by atoms with Crippen LogP contribution in [0.15, 0.2) is 4.52 Å². The highest BCUT2D eigenvalue weighted by atomic mass is 16.5. The normalized spacial score (nSPS) is 10.2. The van der Waals surface area contributed by atoms with Gasteiger partial charge in [0.2, 0.25) is 5.91 Å². The molecule has 0 saturated heterocycles. The van der Waals surface area contributed by atoms with E-state index in [1.165, 1.54) is 12.0 Å². The summed E-state index contributed by atoms with van der Waals surface area (Å²) in [5, 5.41) is 3.80. The number of carbonyl (C=O) groups is 2. The fourth-order valence-corrected chi connectivity index (χ4v) is 1.53. The van der Waals surface area contributed by atoms with Crippen molar-refractivity contribution in [3.05, 3.63) is 17.0 Å². The zero-order valence-corrected chi connectivity index (χ0v) is 11.1. The zero-order valence-electron chi connectivity index (χ0n) is 11.1. The molecule has 0 radical (unpaired) electrons. The average molecular weight is 254 g/mol. The molecule has 100 valence electrons. The third-order valence-corrected chi connectivity index (χ3v) is 2.81. The van der Waals surface area contributed by atoms with Crippen LogP contribution in [0.25, 0.3) is 0 Å². The molecular formula is C12H18N2O4. The van der Waals surface area contributed by atoms with E-state index in [-0.39, 0.29) is 24.7 Å². The van der Waals surface area contributed by atoms with Gasteiger partial charge >= 0.3 is 5.97 Å². The number of esters is 1. The molecule has 0 saturated carbocycles. The molecule has 0 N–H and O–H groups in total. The lowest BCUT2D eigenvalue weighted by Gasteiger charge is -2.16. The van der Waals surface area contributed by atoms with E-state index < -0.39 is 0 Å². The molecule has 18 heavy (non-hydrogen) atoms. The number of hydrogen-bond acceptors (Lipinski definition) is 5. The van der Waals surface area contributed by atoms with Gasteiger partial charge in [-0.3, -0.25) is 9.59 Å². The van der Waals surface area contributed by atoms with E-state index in [0.717, 1.165) is 11.3 Å². The van der Waals surface area contributed by atoms with Gasteiger partial charge < -0.3 is 14.2 Å². The van der Waals surface area contributed by atoms with Gasteiger partial charge in [0.05, 0.1) is 25.6 Å². The molecule has 0 unspecified atom stereocenters. The van der Waals surface area contributed by atoms with Crippen molar-refractivity contribution in [1.82, 2.24) is 10.1 Å². The van der Waals surface area contributed by atoms with Crippen molar-refractivity contribution >= 4 is 11.9 Å². The minimum Gasteiger partial charge on any atom is -0.469 e. The van der Waals surface area contributed by atoms with E-state index in [4.69, 9.17) is 4.52 Å². The first-order chi connectivity index (χ1) is 8.45. The highest BCUT2D eigenvalue weighted by Crippen LogP contribution is 2.13. The molecule has 0 atom stereocenters. The van der Waals surface area contributed by atoms with Gasteiger partial charge in [0.1, 0.15) is 5.76 Å². The summed E-state index contributed by atoms with van der Waals surface area (Å²) in [7, 11) is 2.98. The lowest BCUT2D eigenvalue weighted by atomic mass is 10.1. The van der Waals surface area contributed by atoms with Crippen LogP contribution < -0.4 is 0 Å². The molecule has 0 aliphatic rings. The van der Waals surface area contributed by atoms with E-state index in [0.29, 0.717) is 12.3 Å². The maximum absolute atomic E-state index is 11.9. The number of amides is 1. The van der Waals surface area contributed by atoms with Crippen LogP contribution in [-0.4, -0.2) is 42.6 Å². The van der Waals surface area contributed by atoms with Gasteiger partial charge in [0.15, 0.2) is 0 Å². The number of hydrogen-bond donors (Lipinski definition) is 0. The molecule has 0 aromatic carbocycles. The summed E-state index contributed by atoms with van der Waals surface area (Å²) in [6, 6.07) is 0. The van der Waals surface area contributed by atoms with Gasteiger partial charge in [0, 0.05) is 19.2 Å². The van der Waals surface area contributed by atoms with Gasteiger partial charge in [-0.1, -0.05) is 5.16 Å². The SMILES string of the molecule is COC(=O)CCN(C)C(=O)Cc1c(C)noc1C. The Morgan fingerprint density at radius 1 is 1.39 bits per heavy atom. The average Bonchev–Trinajstić information content (AvgIpc) is 2.66. The van der Waals surface area contributed by atoms with Crippen molar-refractivity contribution in [2.45, 2.75) is 26.7 Å². The number of likely N-dealkylation sites (N-methyl/N-ethyl adjacent to an activating group) is 1. The predicted molar refractivity (Wildman–Crippen MR) is 64.0 cm³/mol. The highest BCUT2D eigenvalue weighted by Gasteiger charge is 2.16. The number of ether oxygens (including phenoxy) is 1. The van der Waals surface area contributed by atoms with Gasteiger partial charge in [-0.15, -0.1) is 0 Å². The van der Waals surface area contributed by atoms with Crippen molar-refractivity contribution in [3.63, 3.8) is 0 Å². The van der Waals surface area contributed by atoms with Crippen molar-refractivity contribution in [2.24, 2.45) is 0 Å². The topological polar surface area (TPSA) is 72.6 Å². The second-order valence-electron chi connectivity index (χ2n) is 4.12. The first-order valence-corrected chi connectivity index (χ1v) is 5.68. The van der Waals surface area contributed by atoms with Crippen molar-refractivity contribution in [1.29, 1.82) is 0 Å². The first-order valence-electron chi connectivity index (χ1n) is 5.68. The number of methoxy groups -OCH3 is 1. The fraction of sp³-hybridized carbons (Fsp3) is 0.583. The number of rotatable bonds is 5. The maximum Gasteiger partial charge on any atom is 0.307 e. The van der Waals surface area contributed by atoms with E-state index >= 15 is 0 Å². The number of nitrogens with zero attached hydrogens (tertiary/aromatic N) is 2. The van der Waals surface area contributed by atoms with E-state index in [9.17, 15) is 9.59 Å². The summed E-state index contributed by atoms with van der Waals surface area (Å²) in [4.78, 5) is 24.4. The Labute approximate surface area is 106 Å². The molecule has 1 aromatic rings. The van der Waals surface area contributed by atoms with E-state index in [2.05, 4.69) is 9.89 Å². The number of carbonyl (C=O) groups excluding carboxylic acids is 2. The standard InChI is InChI=1S/C12H18N2O4/c1-8-10(9(2)18-13-8)7-11(15)14(3)6-5-12(16)17-4/h5-7H2,1-4H3. The van der Waals surface area contributed by atoms with Crippen LogP contribution in [0.3, 0.4) is 0 Å². The Kier molecular flexibility index (Phi) is 4.88. The van der Waals surface area contributed by atoms with Crippen LogP contribution >= 0.6 is 0 Å². The van der Waals surface area contributed by atoms with Crippen molar-refractivity contribution < 1.29 is 18.8 Å². The monoisotopic (exact) mass is 254 g/mol. The fourth-order valence-electron chi connectivity index (χ4n) is 1.53. The van der Waals surface area contributed by atoms with Gasteiger partial charge in [-0.2, -0.15) is 0 Å². The van der Waals surface area contributed by atoms with Gasteiger partial charge in [0.25, 0.3) is 0 Å². The van der Waals surface area contributed by atoms with E-state index in [1.807, 2.05) is 0 Å². The van der Waals surface area contributed by atoms with Crippen LogP contribution in [0.5, 0.6) is 0 Å². The summed E-state index contributed by atoms with van der Waals surface area (Å²) < 4.78 is 9.52. The molecule has 0 aliphatic carbocycles. The molecule has 1 amide bonds. The zero-order chi connectivity index (χ0) is 13.7. The second-order valence-corrected chi connectivity index (χ2v) is 4.12. The van der Waals surface area contributed by atoms with Crippen LogP contribution in [-0.2, 0) is 20.7 Å². The molecule has 0 bridgehead atoms. The lowest BCUT2D eigenvalue weighted by Crippen LogP contribution is -2.30. The van der Waals surface area contributed by atoms with Crippen LogP contribution in [0.1, 0.15) is 23.4 Å². The molecule has 0 fully saturated rings. The largest absolute Gasteiger partial charge is 0.469 e. The first kappa shape index (κ1) is 14.2. The Bertz CT molecular complexity index is 420. The van der Waals surface area contributed by atoms with E-state index in [1.54, 1.807) is 20.9 Å². The maximum atomic E-state index is 11.9. The van der Waals surface area contributed by atoms with Gasteiger partial charge in [-0.25, -0.2) is 0 Å². The summed E-state index contributed by atoms with van der Waals surface area (Å²) in [6.45, 7) is 3.92. The smallest absolute Gasteiger partial charge is 0.307 e. The minimum absolute atomic E-state index is 0.0756. The predicted octanol–water partition coefficient (Wildman–Crippen LogP) is 0.855. The van der Waals surface area contributed by atoms with Crippen LogP contribution in [0.2, 0.25) is 0 Å². The van der Waals surface area contributed by atoms with Crippen LogP contribution in [0, 0.1) is 13.8 Å². The third kappa shape index (κ3) is 3.58. The van der Waals surface area contributed by atoms with Crippen molar-refractivity contribution in [3.8, 4) is 0 Å². The molecule has 6 heteroatoms. The number of aromatic nitrogens is 1. The molecular weight excluding hydrogens is 236 g/mol. The third-order valence-electron chi connectivity index (χ3n) is 2.81. The summed E-state index contributed by atoms with van der Waals surface area (Å²) >= 11 is 0. The van der Waals surface area contributed by atoms with Crippen molar-refractivity contribution in [2.75, 3.05) is 20.7 Å². The molecule has 1 aromatic heterocycles. The molecule has 0 spiro atoms. The summed E-state index contributed by atoms with van der Waals surface area (Å²) in [5.74, 6) is 0.252. The lowest BCUT2D eigenvalue weighted by molar-refractivity contribution is -0.141. The molecule has 6 nitrogen and oxygen atoms in total.